The molecule has 0 amide bonds. The first-order valence-electron chi connectivity index (χ1n) is 2.21. The zero-order valence-corrected chi connectivity index (χ0v) is 12.9. The molecule has 0 saturated carbocycles. The Hall–Kier alpha value is 0.687. The molecule has 0 atom stereocenters. The van der Waals surface area contributed by atoms with E-state index in [1.165, 1.54) is 0 Å². The first kappa shape index (κ1) is 50.3. The molecule has 1 aliphatic heterocycles. The van der Waals surface area contributed by atoms with Gasteiger partial charge >= 0.3 is 33.6 Å². The second kappa shape index (κ2) is 62.3. The molecule has 1 heterocycles. The van der Waals surface area contributed by atoms with Crippen molar-refractivity contribution in [2.75, 3.05) is 6.79 Å². The molecule has 0 radical (unpaired) electrons. The molecular weight excluding hydrogens is 472 g/mol. The second-order valence-corrected chi connectivity index (χ2v) is 1.70. The summed E-state index contributed by atoms with van der Waals surface area (Å²) >= 11 is 0.700. The van der Waals surface area contributed by atoms with E-state index in [1.54, 1.807) is 0 Å². The molecule has 0 bridgehead atoms. The summed E-state index contributed by atoms with van der Waals surface area (Å²) in [6, 6.07) is 0. The van der Waals surface area contributed by atoms with Crippen molar-refractivity contribution >= 4 is 10.4 Å². The van der Waals surface area contributed by atoms with Gasteiger partial charge in [-0.25, -0.2) is 9.78 Å². The van der Waals surface area contributed by atoms with Gasteiger partial charge in [0, 0.05) is 21.1 Å². The van der Waals surface area contributed by atoms with Gasteiger partial charge in [0.25, 0.3) is 0 Å². The third kappa shape index (κ3) is 1830. The van der Waals surface area contributed by atoms with Crippen molar-refractivity contribution in [2.24, 2.45) is 0 Å². The van der Waals surface area contributed by atoms with Gasteiger partial charge in [-0.2, -0.15) is 8.42 Å². The average molecular weight is 488 g/mol. The van der Waals surface area contributed by atoms with Crippen LogP contribution < -0.4 is 0 Å². The Morgan fingerprint density at radius 3 is 0.895 bits per heavy atom. The van der Waals surface area contributed by atoms with Crippen LogP contribution in [0.15, 0.2) is 0 Å². The Labute approximate surface area is 133 Å². The first-order valence-corrected chi connectivity index (χ1v) is 4.43. The van der Waals surface area contributed by atoms with Gasteiger partial charge in [0.15, 0.2) is 0 Å². The molecule has 0 aromatic carbocycles. The van der Waals surface area contributed by atoms with Crippen molar-refractivity contribution in [3.63, 3.8) is 0 Å². The normalized spacial score (nSPS) is 8.00. The van der Waals surface area contributed by atoms with E-state index < -0.39 is 10.4 Å². The summed E-state index contributed by atoms with van der Waals surface area (Å²) in [6.45, 7) is 0.500. The van der Waals surface area contributed by atoms with E-state index in [9.17, 15) is 0 Å². The molecule has 10 N–H and O–H groups in total. The molecule has 14 nitrogen and oxygen atoms in total. The van der Waals surface area contributed by atoms with Crippen LogP contribution in [0.4, 0.5) is 0 Å². The molecule has 0 aromatic heterocycles. The molecule has 17 heteroatoms. The van der Waals surface area contributed by atoms with Crippen molar-refractivity contribution in [1.82, 2.24) is 0 Å². The van der Waals surface area contributed by atoms with E-state index in [1.807, 2.05) is 0 Å². The molecule has 0 spiro atoms. The van der Waals surface area contributed by atoms with Gasteiger partial charge in [-0.3, -0.25) is 40.6 Å². The second-order valence-electron chi connectivity index (χ2n) is 0.801. The van der Waals surface area contributed by atoms with E-state index in [4.69, 9.17) is 52.5 Å². The fraction of sp³-hybridized carbons (Fsp3) is 1.00. The summed E-state index contributed by atoms with van der Waals surface area (Å²) in [5.74, 6) is 0. The molecule has 1 aliphatic rings. The summed E-state index contributed by atoms with van der Waals surface area (Å²) in [6.07, 6.45) is 0. The molecule has 0 aromatic rings. The van der Waals surface area contributed by atoms with Crippen LogP contribution in [0.5, 0.6) is 0 Å². The SMILES string of the molecule is C.C1OO1.O.O=S(=O)(O)O.OO.OO.OO.[Mo].[O]=[Mo]. The summed E-state index contributed by atoms with van der Waals surface area (Å²) in [5.41, 5.74) is 0. The molecule has 19 heavy (non-hydrogen) atoms. The van der Waals surface area contributed by atoms with E-state index in [2.05, 4.69) is 9.78 Å². The van der Waals surface area contributed by atoms with E-state index >= 15 is 0 Å². The van der Waals surface area contributed by atoms with Gasteiger partial charge in [0.2, 0.25) is 6.79 Å². The van der Waals surface area contributed by atoms with Crippen LogP contribution in [0.1, 0.15) is 7.43 Å². The third-order valence-corrected chi connectivity index (χ3v) is 0.118. The Morgan fingerprint density at radius 1 is 0.842 bits per heavy atom. The van der Waals surface area contributed by atoms with Crippen molar-refractivity contribution in [3.05, 3.63) is 0 Å². The van der Waals surface area contributed by atoms with Gasteiger partial charge in [-0.1, -0.05) is 7.43 Å². The zero-order chi connectivity index (χ0) is 14.6. The number of hydrogen-bond acceptors (Lipinski definition) is 11. The van der Waals surface area contributed by atoms with Crippen molar-refractivity contribution in [3.8, 4) is 0 Å². The Balaban J connectivity index is -0.0000000130. The molecule has 1 rings (SSSR count). The fourth-order valence-corrected chi connectivity index (χ4v) is 0. The summed E-state index contributed by atoms with van der Waals surface area (Å²) in [4.78, 5) is 8.00. The molecular formula is C2H16Mo2O14S. The predicted molar refractivity (Wildman–Crippen MR) is 48.0 cm³/mol. The first-order chi connectivity index (χ1) is 7.50. The Bertz CT molecular complexity index is 146. The minimum absolute atomic E-state index is 0. The minimum atomic E-state index is -4.67. The van der Waals surface area contributed by atoms with Gasteiger partial charge in [-0.05, 0) is 0 Å². The molecule has 0 aliphatic carbocycles. The quantitative estimate of drug-likeness (QED) is 0.0669. The van der Waals surface area contributed by atoms with Gasteiger partial charge in [0.1, 0.15) is 0 Å². The van der Waals surface area contributed by atoms with Gasteiger partial charge in [-0.15, -0.1) is 0 Å². The van der Waals surface area contributed by atoms with Crippen LogP contribution >= 0.6 is 0 Å². The summed E-state index contributed by atoms with van der Waals surface area (Å²) in [7, 11) is -4.67. The van der Waals surface area contributed by atoms with Crippen molar-refractivity contribution < 1.29 is 109 Å². The molecule has 1 saturated heterocycles. The van der Waals surface area contributed by atoms with E-state index in [-0.39, 0.29) is 34.0 Å². The number of rotatable bonds is 0. The van der Waals surface area contributed by atoms with E-state index in [0.29, 0.717) is 26.6 Å². The molecule has 1 fully saturated rings. The maximum atomic E-state index is 8.74. The Morgan fingerprint density at radius 2 is 0.895 bits per heavy atom. The topological polar surface area (TPSA) is 270 Å². The van der Waals surface area contributed by atoms with Crippen molar-refractivity contribution in [1.29, 1.82) is 0 Å². The van der Waals surface area contributed by atoms with Crippen LogP contribution in [0.25, 0.3) is 0 Å². The zero-order valence-electron chi connectivity index (χ0n) is 8.05. The van der Waals surface area contributed by atoms with Crippen LogP contribution in [0.3, 0.4) is 0 Å². The van der Waals surface area contributed by atoms with Gasteiger partial charge < -0.3 is 5.48 Å². The van der Waals surface area contributed by atoms with E-state index in [0.717, 1.165) is 0 Å². The number of hydrogen-bond donors (Lipinski definition) is 8. The van der Waals surface area contributed by atoms with Gasteiger partial charge in [0.05, 0.1) is 0 Å². The standard InChI is InChI=1S/CH2O2.CH4.2Mo.H2O4S.3H2O2.H2O.O/c1-2-3-1;;;;1-5(2,3)4;3*1-2;;/h1H2;1H4;;;(H2,1,2,3,4);3*1-2H;1H2;. The average Bonchev–Trinajstić information content (AvgIpc) is 3.14. The van der Waals surface area contributed by atoms with Crippen LogP contribution in [0, 0.1) is 0 Å². The molecule has 0 unspecified atom stereocenters. The maximum absolute atomic E-state index is 8.74. The van der Waals surface area contributed by atoms with Crippen LogP contribution in [-0.2, 0) is 64.4 Å². The molecule has 126 valence electrons. The third-order valence-electron chi connectivity index (χ3n) is 0.118. The predicted octanol–water partition coefficient (Wildman–Crippen LogP) is -1.01. The fourth-order valence-electron chi connectivity index (χ4n) is 0. The van der Waals surface area contributed by atoms with Crippen molar-refractivity contribution in [2.45, 2.75) is 7.43 Å². The Kier molecular flexibility index (Phi) is 165. The summed E-state index contributed by atoms with van der Waals surface area (Å²) < 4.78 is 39.8. The van der Waals surface area contributed by atoms with Crippen LogP contribution in [0.2, 0.25) is 0 Å². The van der Waals surface area contributed by atoms with Crippen LogP contribution in [-0.4, -0.2) is 61.3 Å². The monoisotopic (exact) mass is 492 g/mol. The summed E-state index contributed by atoms with van der Waals surface area (Å²) in [5, 5.41) is 36.0.